The van der Waals surface area contributed by atoms with E-state index in [0.29, 0.717) is 22.6 Å². The van der Waals surface area contributed by atoms with Crippen LogP contribution in [-0.2, 0) is 0 Å². The molecule has 8 heteroatoms. The molecule has 0 atom stereocenters. The molecule has 0 saturated heterocycles. The molecule has 7 nitrogen and oxygen atoms in total. The van der Waals surface area contributed by atoms with Crippen molar-refractivity contribution in [3.05, 3.63) is 42.1 Å². The van der Waals surface area contributed by atoms with E-state index < -0.39 is 0 Å². The number of aromatic nitrogens is 2. The molecule has 0 aliphatic carbocycles. The van der Waals surface area contributed by atoms with E-state index in [1.807, 2.05) is 32.3 Å². The van der Waals surface area contributed by atoms with Gasteiger partial charge in [-0.05, 0) is 44.4 Å². The topological polar surface area (TPSA) is 113 Å². The van der Waals surface area contributed by atoms with Crippen LogP contribution >= 0.6 is 11.8 Å². The van der Waals surface area contributed by atoms with Crippen LogP contribution in [0.1, 0.15) is 10.4 Å². The summed E-state index contributed by atoms with van der Waals surface area (Å²) in [5.41, 5.74) is 14.8. The molecule has 1 heterocycles. The molecule has 0 bridgehead atoms. The lowest BCUT2D eigenvalue weighted by atomic mass is 10.1. The molecule has 0 fully saturated rings. The standard InChI is InChI=1S/C18H22N6OS/c1-24(2)5-6-26-17-9-15(20)14(19)8-13(17)18(25)22-12-4-3-11-10-21-23-16(11)7-12/h3-4,7-10H,5-6,19-20H2,1-2H3,(H,21,23)(H,22,25). The van der Waals surface area contributed by atoms with E-state index in [1.54, 1.807) is 30.1 Å². The number of nitrogen functional groups attached to an aromatic ring is 2. The number of amides is 1. The Morgan fingerprint density at radius 3 is 2.77 bits per heavy atom. The summed E-state index contributed by atoms with van der Waals surface area (Å²) in [4.78, 5) is 15.7. The molecule has 0 radical (unpaired) electrons. The lowest BCUT2D eigenvalue weighted by molar-refractivity contribution is 0.102. The summed E-state index contributed by atoms with van der Waals surface area (Å²) in [6.07, 6.45) is 1.74. The number of hydrogen-bond acceptors (Lipinski definition) is 6. The highest BCUT2D eigenvalue weighted by molar-refractivity contribution is 7.99. The Kier molecular flexibility index (Phi) is 5.34. The third kappa shape index (κ3) is 4.09. The van der Waals surface area contributed by atoms with Crippen LogP contribution in [0.25, 0.3) is 10.9 Å². The molecule has 26 heavy (non-hydrogen) atoms. The predicted octanol–water partition coefficient (Wildman–Crippen LogP) is 2.63. The number of carbonyl (C=O) groups excluding carboxylic acids is 1. The minimum absolute atomic E-state index is 0.220. The van der Waals surface area contributed by atoms with Crippen LogP contribution < -0.4 is 16.8 Å². The molecule has 2 aromatic carbocycles. The predicted molar refractivity (Wildman–Crippen MR) is 109 cm³/mol. The van der Waals surface area contributed by atoms with Gasteiger partial charge in [0, 0.05) is 28.3 Å². The maximum Gasteiger partial charge on any atom is 0.256 e. The molecule has 3 aromatic rings. The van der Waals surface area contributed by atoms with Crippen LogP contribution in [0.15, 0.2) is 41.4 Å². The largest absolute Gasteiger partial charge is 0.397 e. The average Bonchev–Trinajstić information content (AvgIpc) is 3.05. The molecule has 0 aliphatic heterocycles. The van der Waals surface area contributed by atoms with Crippen LogP contribution in [0, 0.1) is 0 Å². The first-order valence-electron chi connectivity index (χ1n) is 8.15. The maximum atomic E-state index is 12.8. The third-order valence-electron chi connectivity index (χ3n) is 3.93. The van der Waals surface area contributed by atoms with Crippen LogP contribution in [0.4, 0.5) is 17.1 Å². The number of benzene rings is 2. The number of aromatic amines is 1. The lowest BCUT2D eigenvalue weighted by Gasteiger charge is -2.14. The minimum atomic E-state index is -0.220. The number of nitrogens with zero attached hydrogens (tertiary/aromatic N) is 2. The monoisotopic (exact) mass is 370 g/mol. The molecule has 0 aliphatic rings. The van der Waals surface area contributed by atoms with Crippen LogP contribution in [0.5, 0.6) is 0 Å². The molecule has 0 spiro atoms. The smallest absolute Gasteiger partial charge is 0.256 e. The molecule has 1 amide bonds. The van der Waals surface area contributed by atoms with E-state index in [4.69, 9.17) is 11.5 Å². The molecular formula is C18H22N6OS. The average molecular weight is 370 g/mol. The molecule has 0 unspecified atom stereocenters. The number of fused-ring (bicyclic) bond motifs is 1. The second kappa shape index (κ2) is 7.67. The fraction of sp³-hybridized carbons (Fsp3) is 0.222. The molecule has 0 saturated carbocycles. The summed E-state index contributed by atoms with van der Waals surface area (Å²) in [5, 5.41) is 10.8. The van der Waals surface area contributed by atoms with Gasteiger partial charge in [0.2, 0.25) is 0 Å². The van der Waals surface area contributed by atoms with Crippen molar-refractivity contribution in [2.45, 2.75) is 4.90 Å². The van der Waals surface area contributed by atoms with Gasteiger partial charge < -0.3 is 21.7 Å². The lowest BCUT2D eigenvalue weighted by Crippen LogP contribution is -2.16. The van der Waals surface area contributed by atoms with Crippen LogP contribution in [-0.4, -0.2) is 47.4 Å². The quantitative estimate of drug-likeness (QED) is 0.392. The van der Waals surface area contributed by atoms with Crippen molar-refractivity contribution in [3.63, 3.8) is 0 Å². The van der Waals surface area contributed by atoms with E-state index in [0.717, 1.165) is 28.1 Å². The maximum absolute atomic E-state index is 12.8. The first-order valence-corrected chi connectivity index (χ1v) is 9.13. The minimum Gasteiger partial charge on any atom is -0.397 e. The van der Waals surface area contributed by atoms with Crippen molar-refractivity contribution in [1.82, 2.24) is 15.1 Å². The Labute approximate surface area is 156 Å². The van der Waals surface area contributed by atoms with Gasteiger partial charge in [0.25, 0.3) is 5.91 Å². The van der Waals surface area contributed by atoms with Gasteiger partial charge in [0.05, 0.1) is 28.7 Å². The number of carbonyl (C=O) groups is 1. The number of thioether (sulfide) groups is 1. The zero-order valence-electron chi connectivity index (χ0n) is 14.7. The Balaban J connectivity index is 1.83. The summed E-state index contributed by atoms with van der Waals surface area (Å²) in [7, 11) is 4.02. The van der Waals surface area contributed by atoms with Crippen molar-refractivity contribution in [2.75, 3.05) is 43.2 Å². The second-order valence-electron chi connectivity index (χ2n) is 6.26. The van der Waals surface area contributed by atoms with Gasteiger partial charge in [0.1, 0.15) is 0 Å². The molecule has 3 rings (SSSR count). The third-order valence-corrected chi connectivity index (χ3v) is 4.96. The van der Waals surface area contributed by atoms with Crippen LogP contribution in [0.3, 0.4) is 0 Å². The van der Waals surface area contributed by atoms with E-state index in [-0.39, 0.29) is 5.91 Å². The molecule has 6 N–H and O–H groups in total. The number of hydrogen-bond donors (Lipinski definition) is 4. The number of rotatable bonds is 6. The summed E-state index contributed by atoms with van der Waals surface area (Å²) in [6.45, 7) is 0.895. The number of nitrogens with one attached hydrogen (secondary N) is 2. The van der Waals surface area contributed by atoms with Gasteiger partial charge in [-0.1, -0.05) is 0 Å². The molecular weight excluding hydrogens is 348 g/mol. The van der Waals surface area contributed by atoms with E-state index in [2.05, 4.69) is 20.4 Å². The zero-order chi connectivity index (χ0) is 18.7. The normalized spacial score (nSPS) is 11.2. The first-order chi connectivity index (χ1) is 12.4. The zero-order valence-corrected chi connectivity index (χ0v) is 15.6. The van der Waals surface area contributed by atoms with Gasteiger partial charge >= 0.3 is 0 Å². The Morgan fingerprint density at radius 2 is 2.00 bits per heavy atom. The Morgan fingerprint density at radius 1 is 1.23 bits per heavy atom. The van der Waals surface area contributed by atoms with Crippen molar-refractivity contribution in [1.29, 1.82) is 0 Å². The van der Waals surface area contributed by atoms with Gasteiger partial charge in [0.15, 0.2) is 0 Å². The Bertz CT molecular complexity index is 937. The highest BCUT2D eigenvalue weighted by Crippen LogP contribution is 2.30. The van der Waals surface area contributed by atoms with E-state index in [1.165, 1.54) is 0 Å². The SMILES string of the molecule is CN(C)CCSc1cc(N)c(N)cc1C(=O)Nc1ccc2cn[nH]c2c1. The van der Waals surface area contributed by atoms with Gasteiger partial charge in [-0.15, -0.1) is 11.8 Å². The fourth-order valence-electron chi connectivity index (χ4n) is 2.46. The second-order valence-corrected chi connectivity index (χ2v) is 7.39. The number of H-pyrrole nitrogens is 1. The van der Waals surface area contributed by atoms with E-state index in [9.17, 15) is 4.79 Å². The van der Waals surface area contributed by atoms with Crippen molar-refractivity contribution in [2.24, 2.45) is 0 Å². The van der Waals surface area contributed by atoms with Gasteiger partial charge in [-0.2, -0.15) is 5.10 Å². The van der Waals surface area contributed by atoms with Crippen molar-refractivity contribution < 1.29 is 4.79 Å². The summed E-state index contributed by atoms with van der Waals surface area (Å²) in [5.74, 6) is 0.624. The summed E-state index contributed by atoms with van der Waals surface area (Å²) >= 11 is 1.59. The van der Waals surface area contributed by atoms with Crippen molar-refractivity contribution in [3.8, 4) is 0 Å². The highest BCUT2D eigenvalue weighted by atomic mass is 32.2. The van der Waals surface area contributed by atoms with Gasteiger partial charge in [-0.3, -0.25) is 9.89 Å². The Hall–Kier alpha value is -2.71. The first kappa shape index (κ1) is 18.1. The molecule has 1 aromatic heterocycles. The summed E-state index contributed by atoms with van der Waals surface area (Å²) < 4.78 is 0. The summed E-state index contributed by atoms with van der Waals surface area (Å²) in [6, 6.07) is 8.99. The van der Waals surface area contributed by atoms with Gasteiger partial charge in [-0.25, -0.2) is 0 Å². The van der Waals surface area contributed by atoms with E-state index >= 15 is 0 Å². The van der Waals surface area contributed by atoms with Crippen molar-refractivity contribution >= 4 is 45.6 Å². The van der Waals surface area contributed by atoms with Crippen LogP contribution in [0.2, 0.25) is 0 Å². The molecule has 136 valence electrons. The number of nitrogens with two attached hydrogens (primary N) is 2. The number of anilines is 3. The fourth-order valence-corrected chi connectivity index (χ4v) is 3.65. The highest BCUT2D eigenvalue weighted by Gasteiger charge is 2.15.